The third-order valence-electron chi connectivity index (χ3n) is 4.17. The number of aromatic nitrogens is 3. The van der Waals surface area contributed by atoms with E-state index < -0.39 is 5.97 Å². The number of nitrogen functional groups attached to an aromatic ring is 1. The predicted molar refractivity (Wildman–Crippen MR) is 91.3 cm³/mol. The maximum Gasteiger partial charge on any atom is 0.306 e. The first-order chi connectivity index (χ1) is 11.5. The van der Waals surface area contributed by atoms with Gasteiger partial charge in [-0.15, -0.1) is 0 Å². The van der Waals surface area contributed by atoms with Crippen LogP contribution >= 0.6 is 0 Å². The molecule has 1 aliphatic heterocycles. The Morgan fingerprint density at radius 3 is 2.75 bits per heavy atom. The first kappa shape index (κ1) is 16.0. The number of carbonyl (C=O) groups is 1. The van der Waals surface area contributed by atoms with Crippen molar-refractivity contribution in [3.05, 3.63) is 30.2 Å². The van der Waals surface area contributed by atoms with Gasteiger partial charge in [0.15, 0.2) is 11.6 Å². The van der Waals surface area contributed by atoms with Crippen molar-refractivity contribution in [3.63, 3.8) is 0 Å². The van der Waals surface area contributed by atoms with Gasteiger partial charge in [-0.2, -0.15) is 0 Å². The second kappa shape index (κ2) is 6.69. The number of anilines is 4. The second-order valence-corrected chi connectivity index (χ2v) is 5.90. The molecule has 2 aromatic rings. The Balaban J connectivity index is 1.78. The number of nitrogens with two attached hydrogens (primary N) is 1. The molecule has 3 rings (SSSR count). The molecule has 0 spiro atoms. The fourth-order valence-electron chi connectivity index (χ4n) is 2.80. The summed E-state index contributed by atoms with van der Waals surface area (Å²) in [5, 5.41) is 12.2. The van der Waals surface area contributed by atoms with Gasteiger partial charge >= 0.3 is 5.97 Å². The summed E-state index contributed by atoms with van der Waals surface area (Å²) in [7, 11) is 0. The molecule has 8 nitrogen and oxygen atoms in total. The van der Waals surface area contributed by atoms with Crippen molar-refractivity contribution < 1.29 is 9.90 Å². The molecule has 0 aromatic carbocycles. The number of pyridine rings is 1. The van der Waals surface area contributed by atoms with Crippen LogP contribution in [0.5, 0.6) is 0 Å². The Kier molecular flexibility index (Phi) is 4.45. The molecule has 2 aromatic heterocycles. The minimum Gasteiger partial charge on any atom is -0.481 e. The van der Waals surface area contributed by atoms with E-state index in [2.05, 4.69) is 20.3 Å². The zero-order chi connectivity index (χ0) is 17.1. The van der Waals surface area contributed by atoms with Gasteiger partial charge < -0.3 is 21.1 Å². The summed E-state index contributed by atoms with van der Waals surface area (Å²) in [6, 6.07) is 3.81. The van der Waals surface area contributed by atoms with Gasteiger partial charge in [0.2, 0.25) is 0 Å². The van der Waals surface area contributed by atoms with E-state index in [0.717, 1.165) is 5.56 Å². The Morgan fingerprint density at radius 2 is 2.08 bits per heavy atom. The zero-order valence-electron chi connectivity index (χ0n) is 13.4. The van der Waals surface area contributed by atoms with Crippen LogP contribution in [0.15, 0.2) is 24.7 Å². The van der Waals surface area contributed by atoms with E-state index in [1.165, 1.54) is 6.33 Å². The van der Waals surface area contributed by atoms with Crippen LogP contribution in [-0.2, 0) is 4.79 Å². The summed E-state index contributed by atoms with van der Waals surface area (Å²) in [6.07, 6.45) is 4.34. The molecule has 24 heavy (non-hydrogen) atoms. The van der Waals surface area contributed by atoms with Gasteiger partial charge in [-0.25, -0.2) is 15.0 Å². The van der Waals surface area contributed by atoms with E-state index in [9.17, 15) is 4.79 Å². The van der Waals surface area contributed by atoms with Crippen molar-refractivity contribution in [1.29, 1.82) is 0 Å². The van der Waals surface area contributed by atoms with Gasteiger partial charge in [0.1, 0.15) is 17.8 Å². The van der Waals surface area contributed by atoms with Crippen LogP contribution in [-0.4, -0.2) is 39.1 Å². The highest BCUT2D eigenvalue weighted by Crippen LogP contribution is 2.30. The van der Waals surface area contributed by atoms with Crippen LogP contribution in [0.4, 0.5) is 23.1 Å². The van der Waals surface area contributed by atoms with Crippen LogP contribution in [0.3, 0.4) is 0 Å². The van der Waals surface area contributed by atoms with E-state index in [1.807, 2.05) is 24.0 Å². The molecule has 0 amide bonds. The molecule has 0 aliphatic carbocycles. The average Bonchev–Trinajstić information content (AvgIpc) is 2.57. The number of aryl methyl sites for hydroxylation is 1. The average molecular weight is 328 g/mol. The normalized spacial score (nSPS) is 15.3. The molecule has 8 heteroatoms. The Hall–Kier alpha value is -2.90. The molecule has 3 heterocycles. The second-order valence-electron chi connectivity index (χ2n) is 5.90. The first-order valence-corrected chi connectivity index (χ1v) is 7.82. The summed E-state index contributed by atoms with van der Waals surface area (Å²) in [6.45, 7) is 3.20. The maximum atomic E-state index is 11.1. The number of piperidine rings is 1. The maximum absolute atomic E-state index is 11.1. The molecular weight excluding hydrogens is 308 g/mol. The smallest absolute Gasteiger partial charge is 0.306 e. The molecule has 0 bridgehead atoms. The summed E-state index contributed by atoms with van der Waals surface area (Å²) in [5.41, 5.74) is 7.74. The van der Waals surface area contributed by atoms with Gasteiger partial charge in [0, 0.05) is 19.3 Å². The molecule has 126 valence electrons. The molecule has 0 atom stereocenters. The van der Waals surface area contributed by atoms with Crippen molar-refractivity contribution in [2.24, 2.45) is 5.92 Å². The Labute approximate surface area is 139 Å². The quantitative estimate of drug-likeness (QED) is 0.778. The zero-order valence-corrected chi connectivity index (χ0v) is 13.4. The molecule has 0 radical (unpaired) electrons. The number of hydrogen-bond donors (Lipinski definition) is 3. The van der Waals surface area contributed by atoms with Crippen molar-refractivity contribution in [1.82, 2.24) is 15.0 Å². The largest absolute Gasteiger partial charge is 0.481 e. The lowest BCUT2D eigenvalue weighted by molar-refractivity contribution is -0.142. The molecule has 1 fully saturated rings. The van der Waals surface area contributed by atoms with Crippen molar-refractivity contribution >= 4 is 29.1 Å². The lowest BCUT2D eigenvalue weighted by Gasteiger charge is -2.31. The highest BCUT2D eigenvalue weighted by Gasteiger charge is 2.26. The molecule has 4 N–H and O–H groups in total. The summed E-state index contributed by atoms with van der Waals surface area (Å²) in [5.74, 6) is 0.759. The SMILES string of the molecule is Cc1ccnc(Nc2ncnc(N3CCC(C(=O)O)CC3)c2N)c1. The summed E-state index contributed by atoms with van der Waals surface area (Å²) < 4.78 is 0. The minimum atomic E-state index is -0.738. The molecule has 1 saturated heterocycles. The van der Waals surface area contributed by atoms with E-state index in [1.54, 1.807) is 6.20 Å². The Morgan fingerprint density at radius 1 is 1.33 bits per heavy atom. The standard InChI is InChI=1S/C16H20N6O2/c1-10-2-5-18-12(8-10)21-14-13(17)15(20-9-19-14)22-6-3-11(4-7-22)16(23)24/h2,5,8-9,11H,3-4,6-7,17H2,1H3,(H,23,24)(H,18,19,20,21). The van der Waals surface area contributed by atoms with E-state index in [0.29, 0.717) is 49.1 Å². The van der Waals surface area contributed by atoms with Crippen LogP contribution in [0.25, 0.3) is 0 Å². The van der Waals surface area contributed by atoms with Crippen molar-refractivity contribution in [2.45, 2.75) is 19.8 Å². The number of hydrogen-bond acceptors (Lipinski definition) is 7. The highest BCUT2D eigenvalue weighted by molar-refractivity contribution is 5.78. The van der Waals surface area contributed by atoms with Crippen LogP contribution < -0.4 is 16.0 Å². The first-order valence-electron chi connectivity index (χ1n) is 7.82. The number of nitrogens with zero attached hydrogens (tertiary/aromatic N) is 4. The number of nitrogens with one attached hydrogen (secondary N) is 1. The summed E-state index contributed by atoms with van der Waals surface area (Å²) >= 11 is 0. The van der Waals surface area contributed by atoms with Crippen LogP contribution in [0.1, 0.15) is 18.4 Å². The minimum absolute atomic E-state index is 0.293. The number of carboxylic acids is 1. The Bertz CT molecular complexity index is 743. The van der Waals surface area contributed by atoms with E-state index in [4.69, 9.17) is 10.8 Å². The van der Waals surface area contributed by atoms with Crippen LogP contribution in [0, 0.1) is 12.8 Å². The molecule has 1 aliphatic rings. The predicted octanol–water partition coefficient (Wildman–Crippen LogP) is 1.81. The number of carboxylic acid groups (broad SMARTS) is 1. The van der Waals surface area contributed by atoms with Gasteiger partial charge in [-0.3, -0.25) is 4.79 Å². The number of aliphatic carboxylic acids is 1. The lowest BCUT2D eigenvalue weighted by Crippen LogP contribution is -2.37. The van der Waals surface area contributed by atoms with Crippen molar-refractivity contribution in [2.75, 3.05) is 29.0 Å². The third-order valence-corrected chi connectivity index (χ3v) is 4.17. The van der Waals surface area contributed by atoms with Gasteiger partial charge in [0.05, 0.1) is 5.92 Å². The fraction of sp³-hybridized carbons (Fsp3) is 0.375. The molecule has 0 saturated carbocycles. The number of rotatable bonds is 4. The van der Waals surface area contributed by atoms with Gasteiger partial charge in [0.25, 0.3) is 0 Å². The van der Waals surface area contributed by atoms with Gasteiger partial charge in [-0.1, -0.05) is 0 Å². The molecule has 0 unspecified atom stereocenters. The van der Waals surface area contributed by atoms with Gasteiger partial charge in [-0.05, 0) is 37.5 Å². The summed E-state index contributed by atoms with van der Waals surface area (Å²) in [4.78, 5) is 25.8. The third kappa shape index (κ3) is 3.37. The highest BCUT2D eigenvalue weighted by atomic mass is 16.4. The van der Waals surface area contributed by atoms with E-state index >= 15 is 0 Å². The van der Waals surface area contributed by atoms with Crippen LogP contribution in [0.2, 0.25) is 0 Å². The monoisotopic (exact) mass is 328 g/mol. The molecular formula is C16H20N6O2. The fourth-order valence-corrected chi connectivity index (χ4v) is 2.80. The lowest BCUT2D eigenvalue weighted by atomic mass is 9.97. The van der Waals surface area contributed by atoms with E-state index in [-0.39, 0.29) is 5.92 Å². The topological polar surface area (TPSA) is 117 Å². The van der Waals surface area contributed by atoms with Crippen molar-refractivity contribution in [3.8, 4) is 0 Å².